The molecule has 0 atom stereocenters. The second kappa shape index (κ2) is 10.1. The van der Waals surface area contributed by atoms with E-state index in [9.17, 15) is 4.79 Å². The number of nitrogens with one attached hydrogen (secondary N) is 1. The van der Waals surface area contributed by atoms with Crippen molar-refractivity contribution in [2.45, 2.75) is 19.6 Å². The molecule has 0 heterocycles. The van der Waals surface area contributed by atoms with E-state index in [-0.39, 0.29) is 6.61 Å². The highest BCUT2D eigenvalue weighted by atomic mass is 16.5. The van der Waals surface area contributed by atoms with E-state index < -0.39 is 6.09 Å². The van der Waals surface area contributed by atoms with Crippen molar-refractivity contribution in [1.29, 1.82) is 0 Å². The van der Waals surface area contributed by atoms with Crippen molar-refractivity contribution in [3.63, 3.8) is 0 Å². The number of rotatable bonds is 6. The van der Waals surface area contributed by atoms with Gasteiger partial charge in [-0.25, -0.2) is 4.79 Å². The number of methoxy groups -OCH3 is 1. The van der Waals surface area contributed by atoms with Crippen LogP contribution in [0.15, 0.2) is 54.6 Å². The number of carbonyl (C=O) groups is 1. The zero-order valence-electron chi connectivity index (χ0n) is 13.7. The summed E-state index contributed by atoms with van der Waals surface area (Å²) in [6.07, 6.45) is 0.143. The maximum atomic E-state index is 11.6. The number of alkyl carbamates (subject to hydrolysis) is 1. The van der Waals surface area contributed by atoms with Crippen LogP contribution in [0.2, 0.25) is 0 Å². The van der Waals surface area contributed by atoms with Gasteiger partial charge in [0, 0.05) is 25.6 Å². The first kappa shape index (κ1) is 17.6. The molecule has 0 aliphatic rings. The zero-order chi connectivity index (χ0) is 17.0. The van der Waals surface area contributed by atoms with Gasteiger partial charge in [0.1, 0.15) is 6.61 Å². The van der Waals surface area contributed by atoms with Gasteiger partial charge in [0.15, 0.2) is 0 Å². The number of ether oxygens (including phenoxy) is 2. The average Bonchev–Trinajstić information content (AvgIpc) is 2.62. The molecule has 0 aliphatic heterocycles. The normalized spacial score (nSPS) is 9.71. The largest absolute Gasteiger partial charge is 0.445 e. The maximum absolute atomic E-state index is 11.6. The summed E-state index contributed by atoms with van der Waals surface area (Å²) in [6, 6.07) is 17.5. The van der Waals surface area contributed by atoms with Crippen LogP contribution in [-0.4, -0.2) is 19.7 Å². The Labute approximate surface area is 142 Å². The lowest BCUT2D eigenvalue weighted by molar-refractivity contribution is 0.140. The molecule has 0 saturated heterocycles. The summed E-state index contributed by atoms with van der Waals surface area (Å²) < 4.78 is 10.2. The van der Waals surface area contributed by atoms with Crippen LogP contribution in [0.5, 0.6) is 0 Å². The Hall–Kier alpha value is -2.77. The maximum Gasteiger partial charge on any atom is 0.407 e. The molecule has 1 amide bonds. The first-order chi connectivity index (χ1) is 11.8. The molecular weight excluding hydrogens is 302 g/mol. The molecule has 0 spiro atoms. The molecule has 0 saturated carbocycles. The smallest absolute Gasteiger partial charge is 0.407 e. The lowest BCUT2D eigenvalue weighted by atomic mass is 10.1. The van der Waals surface area contributed by atoms with Gasteiger partial charge in [0.2, 0.25) is 0 Å². The van der Waals surface area contributed by atoms with Crippen molar-refractivity contribution < 1.29 is 14.3 Å². The molecule has 24 heavy (non-hydrogen) atoms. The third kappa shape index (κ3) is 6.55. The molecule has 0 bridgehead atoms. The highest BCUT2D eigenvalue weighted by Gasteiger charge is 2.00. The summed E-state index contributed by atoms with van der Waals surface area (Å²) in [4.78, 5) is 11.6. The van der Waals surface area contributed by atoms with E-state index in [2.05, 4.69) is 17.2 Å². The Morgan fingerprint density at radius 1 is 1.00 bits per heavy atom. The first-order valence-electron chi connectivity index (χ1n) is 7.79. The van der Waals surface area contributed by atoms with Crippen LogP contribution in [-0.2, 0) is 22.7 Å². The SMILES string of the molecule is COCc1ccc(C#CCCNC(=O)OCc2ccccc2)cc1. The van der Waals surface area contributed by atoms with Crippen molar-refractivity contribution >= 4 is 6.09 Å². The standard InChI is InChI=1S/C20H21NO3/c1-23-15-19-12-10-17(11-13-19)7-5-6-14-21-20(22)24-16-18-8-3-2-4-9-18/h2-4,8-13H,6,14-16H2,1H3,(H,21,22). The fourth-order valence-corrected chi connectivity index (χ4v) is 2.02. The second-order valence-electron chi connectivity index (χ2n) is 5.17. The van der Waals surface area contributed by atoms with E-state index in [1.807, 2.05) is 54.6 Å². The Balaban J connectivity index is 1.64. The third-order valence-corrected chi connectivity index (χ3v) is 3.23. The van der Waals surface area contributed by atoms with Crippen LogP contribution < -0.4 is 5.32 Å². The Bertz CT molecular complexity index is 684. The topological polar surface area (TPSA) is 47.6 Å². The van der Waals surface area contributed by atoms with Gasteiger partial charge in [-0.15, -0.1) is 0 Å². The molecule has 0 aromatic heterocycles. The van der Waals surface area contributed by atoms with Gasteiger partial charge in [-0.3, -0.25) is 0 Å². The minimum Gasteiger partial charge on any atom is -0.445 e. The minimum absolute atomic E-state index is 0.270. The van der Waals surface area contributed by atoms with Gasteiger partial charge in [0.25, 0.3) is 0 Å². The number of hydrogen-bond donors (Lipinski definition) is 1. The van der Waals surface area contributed by atoms with Gasteiger partial charge >= 0.3 is 6.09 Å². The molecule has 4 nitrogen and oxygen atoms in total. The Morgan fingerprint density at radius 2 is 1.71 bits per heavy atom. The Kier molecular flexibility index (Phi) is 7.39. The molecule has 124 valence electrons. The molecule has 0 unspecified atom stereocenters. The summed E-state index contributed by atoms with van der Waals surface area (Å²) in [7, 11) is 1.67. The highest BCUT2D eigenvalue weighted by Crippen LogP contribution is 2.04. The van der Waals surface area contributed by atoms with Crippen LogP contribution in [0.1, 0.15) is 23.1 Å². The molecule has 4 heteroatoms. The monoisotopic (exact) mass is 323 g/mol. The summed E-state index contributed by atoms with van der Waals surface area (Å²) in [6.45, 7) is 1.33. The zero-order valence-corrected chi connectivity index (χ0v) is 13.7. The lowest BCUT2D eigenvalue weighted by Gasteiger charge is -2.05. The van der Waals surface area contributed by atoms with E-state index in [0.717, 1.165) is 16.7 Å². The van der Waals surface area contributed by atoms with E-state index in [0.29, 0.717) is 19.6 Å². The number of amides is 1. The molecule has 2 rings (SSSR count). The summed E-state index contributed by atoms with van der Waals surface area (Å²) in [5.74, 6) is 6.09. The fraction of sp³-hybridized carbons (Fsp3) is 0.250. The molecule has 2 aromatic rings. The van der Waals surface area contributed by atoms with Crippen molar-refractivity contribution in [1.82, 2.24) is 5.32 Å². The summed E-state index contributed by atoms with van der Waals surface area (Å²) >= 11 is 0. The van der Waals surface area contributed by atoms with Crippen LogP contribution >= 0.6 is 0 Å². The number of benzene rings is 2. The van der Waals surface area contributed by atoms with Gasteiger partial charge in [0.05, 0.1) is 6.61 Å². The van der Waals surface area contributed by atoms with Crippen LogP contribution in [0.4, 0.5) is 4.79 Å². The molecule has 2 aromatic carbocycles. The van der Waals surface area contributed by atoms with Gasteiger partial charge in [-0.1, -0.05) is 54.3 Å². The van der Waals surface area contributed by atoms with E-state index in [1.165, 1.54) is 0 Å². The Morgan fingerprint density at radius 3 is 2.42 bits per heavy atom. The fourth-order valence-electron chi connectivity index (χ4n) is 2.02. The van der Waals surface area contributed by atoms with Crippen molar-refractivity contribution in [3.8, 4) is 11.8 Å². The van der Waals surface area contributed by atoms with Crippen molar-refractivity contribution in [2.75, 3.05) is 13.7 Å². The van der Waals surface area contributed by atoms with Gasteiger partial charge in [-0.2, -0.15) is 0 Å². The number of hydrogen-bond acceptors (Lipinski definition) is 3. The average molecular weight is 323 g/mol. The predicted octanol–water partition coefficient (Wildman–Crippen LogP) is 3.50. The molecule has 0 fully saturated rings. The van der Waals surface area contributed by atoms with Crippen molar-refractivity contribution in [2.24, 2.45) is 0 Å². The van der Waals surface area contributed by atoms with Crippen LogP contribution in [0.3, 0.4) is 0 Å². The summed E-state index contributed by atoms with van der Waals surface area (Å²) in [5.41, 5.74) is 3.02. The van der Waals surface area contributed by atoms with Crippen LogP contribution in [0, 0.1) is 11.8 Å². The van der Waals surface area contributed by atoms with Crippen molar-refractivity contribution in [3.05, 3.63) is 71.3 Å². The van der Waals surface area contributed by atoms with E-state index >= 15 is 0 Å². The highest BCUT2D eigenvalue weighted by molar-refractivity contribution is 5.67. The van der Waals surface area contributed by atoms with E-state index in [1.54, 1.807) is 7.11 Å². The lowest BCUT2D eigenvalue weighted by Crippen LogP contribution is -2.24. The predicted molar refractivity (Wildman–Crippen MR) is 93.3 cm³/mol. The number of carbonyl (C=O) groups excluding carboxylic acids is 1. The van der Waals surface area contributed by atoms with Gasteiger partial charge < -0.3 is 14.8 Å². The van der Waals surface area contributed by atoms with Gasteiger partial charge in [-0.05, 0) is 23.3 Å². The molecule has 0 aliphatic carbocycles. The summed E-state index contributed by atoms with van der Waals surface area (Å²) in [5, 5.41) is 2.68. The third-order valence-electron chi connectivity index (χ3n) is 3.23. The second-order valence-corrected chi connectivity index (χ2v) is 5.17. The molecule has 1 N–H and O–H groups in total. The minimum atomic E-state index is -0.426. The van der Waals surface area contributed by atoms with E-state index in [4.69, 9.17) is 9.47 Å². The molecule has 0 radical (unpaired) electrons. The van der Waals surface area contributed by atoms with Crippen LogP contribution in [0.25, 0.3) is 0 Å². The quantitative estimate of drug-likeness (QED) is 0.654. The first-order valence-corrected chi connectivity index (χ1v) is 7.79. The molecular formula is C20H21NO3.